The van der Waals surface area contributed by atoms with Crippen molar-refractivity contribution in [2.75, 3.05) is 0 Å². The summed E-state index contributed by atoms with van der Waals surface area (Å²) in [5, 5.41) is 0.779. The van der Waals surface area contributed by atoms with E-state index in [2.05, 4.69) is 17.5 Å². The van der Waals surface area contributed by atoms with Gasteiger partial charge in [0.2, 0.25) is 0 Å². The summed E-state index contributed by atoms with van der Waals surface area (Å²) in [5.74, 6) is 0. The number of thiol groups is 1. The van der Waals surface area contributed by atoms with Crippen molar-refractivity contribution in [3.63, 3.8) is 0 Å². The second-order valence-corrected chi connectivity index (χ2v) is 3.04. The smallest absolute Gasteiger partial charge is 0.0454 e. The van der Waals surface area contributed by atoms with Crippen LogP contribution in [-0.2, 0) is 0 Å². The second kappa shape index (κ2) is 4.00. The first-order chi connectivity index (χ1) is 5.25. The van der Waals surface area contributed by atoms with E-state index in [4.69, 9.17) is 11.6 Å². The van der Waals surface area contributed by atoms with E-state index >= 15 is 0 Å². The van der Waals surface area contributed by atoms with Gasteiger partial charge in [-0.15, -0.1) is 0 Å². The van der Waals surface area contributed by atoms with Crippen molar-refractivity contribution in [1.82, 2.24) is 4.72 Å². The van der Waals surface area contributed by atoms with E-state index in [0.717, 1.165) is 10.6 Å². The molecule has 0 saturated carbocycles. The Morgan fingerprint density at radius 3 is 2.64 bits per heavy atom. The quantitative estimate of drug-likeness (QED) is 0.679. The lowest BCUT2D eigenvalue weighted by Gasteiger charge is -2.10. The van der Waals surface area contributed by atoms with Crippen molar-refractivity contribution in [2.45, 2.75) is 13.0 Å². The molecule has 0 aliphatic rings. The zero-order valence-corrected chi connectivity index (χ0v) is 7.86. The van der Waals surface area contributed by atoms with E-state index in [0.29, 0.717) is 0 Å². The van der Waals surface area contributed by atoms with Crippen LogP contribution in [-0.4, -0.2) is 0 Å². The molecule has 0 aliphatic carbocycles. The molecule has 0 heterocycles. The summed E-state index contributed by atoms with van der Waals surface area (Å²) < 4.78 is 2.83. The Kier molecular flexibility index (Phi) is 3.24. The molecule has 0 spiro atoms. The molecule has 1 aromatic carbocycles. The first kappa shape index (κ1) is 8.91. The Hall–Kier alpha value is -0.180. The standard InChI is InChI=1S/C8H10ClNS/c1-6(10-11)7-4-2-3-5-8(7)9/h2-6,10-11H,1H3/t6-/m0/s1. The Morgan fingerprint density at radius 2 is 2.09 bits per heavy atom. The molecule has 3 heteroatoms. The molecule has 0 radical (unpaired) electrons. The van der Waals surface area contributed by atoms with Crippen LogP contribution in [0.15, 0.2) is 24.3 Å². The van der Waals surface area contributed by atoms with Crippen LogP contribution in [0.1, 0.15) is 18.5 Å². The van der Waals surface area contributed by atoms with Gasteiger partial charge < -0.3 is 0 Å². The summed E-state index contributed by atoms with van der Waals surface area (Å²) in [5.41, 5.74) is 1.07. The van der Waals surface area contributed by atoms with Crippen molar-refractivity contribution in [3.8, 4) is 0 Å². The van der Waals surface area contributed by atoms with Gasteiger partial charge in [0.1, 0.15) is 0 Å². The van der Waals surface area contributed by atoms with Gasteiger partial charge in [-0.1, -0.05) is 42.6 Å². The van der Waals surface area contributed by atoms with Crippen LogP contribution in [0.4, 0.5) is 0 Å². The summed E-state index contributed by atoms with van der Waals surface area (Å²) in [6, 6.07) is 7.92. The molecule has 1 aromatic rings. The number of nitrogens with one attached hydrogen (secondary N) is 1. The van der Waals surface area contributed by atoms with Crippen molar-refractivity contribution in [3.05, 3.63) is 34.9 Å². The average molecular weight is 188 g/mol. The third-order valence-electron chi connectivity index (χ3n) is 1.57. The first-order valence-electron chi connectivity index (χ1n) is 3.39. The van der Waals surface area contributed by atoms with Gasteiger partial charge in [-0.3, -0.25) is 4.72 Å². The minimum absolute atomic E-state index is 0.187. The Balaban J connectivity index is 2.93. The first-order valence-corrected chi connectivity index (χ1v) is 4.22. The van der Waals surface area contributed by atoms with Crippen LogP contribution in [0, 0.1) is 0 Å². The summed E-state index contributed by atoms with van der Waals surface area (Å²) in [6.07, 6.45) is 0. The predicted octanol–water partition coefficient (Wildman–Crippen LogP) is 2.84. The lowest BCUT2D eigenvalue weighted by Crippen LogP contribution is -2.06. The van der Waals surface area contributed by atoms with Crippen molar-refractivity contribution in [1.29, 1.82) is 0 Å². The van der Waals surface area contributed by atoms with Crippen LogP contribution in [0.2, 0.25) is 5.02 Å². The molecule has 0 bridgehead atoms. The molecule has 1 nitrogen and oxygen atoms in total. The molecule has 1 N–H and O–H groups in total. The Bertz CT molecular complexity index is 239. The summed E-state index contributed by atoms with van der Waals surface area (Å²) in [6.45, 7) is 2.01. The fourth-order valence-corrected chi connectivity index (χ4v) is 1.33. The van der Waals surface area contributed by atoms with Gasteiger partial charge in [-0.05, 0) is 18.6 Å². The summed E-state index contributed by atoms with van der Waals surface area (Å²) >= 11 is 9.89. The van der Waals surface area contributed by atoms with Crippen LogP contribution in [0.5, 0.6) is 0 Å². The van der Waals surface area contributed by atoms with Crippen molar-refractivity contribution < 1.29 is 0 Å². The number of benzene rings is 1. The van der Waals surface area contributed by atoms with Gasteiger partial charge in [0.15, 0.2) is 0 Å². The monoisotopic (exact) mass is 187 g/mol. The van der Waals surface area contributed by atoms with Gasteiger partial charge in [-0.25, -0.2) is 0 Å². The molecule has 0 fully saturated rings. The molecule has 1 rings (SSSR count). The van der Waals surface area contributed by atoms with E-state index in [9.17, 15) is 0 Å². The highest BCUT2D eigenvalue weighted by molar-refractivity contribution is 7.78. The highest BCUT2D eigenvalue weighted by Crippen LogP contribution is 2.21. The predicted molar refractivity (Wildman–Crippen MR) is 52.0 cm³/mol. The molecule has 11 heavy (non-hydrogen) atoms. The SMILES string of the molecule is C[C@H](NS)c1ccccc1Cl. The molecule has 0 aromatic heterocycles. The number of halogens is 1. The van der Waals surface area contributed by atoms with Crippen LogP contribution >= 0.6 is 24.4 Å². The van der Waals surface area contributed by atoms with Crippen molar-refractivity contribution in [2.24, 2.45) is 0 Å². The third kappa shape index (κ3) is 2.12. The van der Waals surface area contributed by atoms with Gasteiger partial charge in [0.05, 0.1) is 0 Å². The third-order valence-corrected chi connectivity index (χ3v) is 2.30. The Labute approximate surface area is 77.3 Å². The van der Waals surface area contributed by atoms with Gasteiger partial charge in [0.25, 0.3) is 0 Å². The summed E-state index contributed by atoms with van der Waals surface area (Å²) in [4.78, 5) is 0. The van der Waals surface area contributed by atoms with E-state index in [1.165, 1.54) is 0 Å². The van der Waals surface area contributed by atoms with Crippen LogP contribution in [0.3, 0.4) is 0 Å². The zero-order chi connectivity index (χ0) is 8.27. The topological polar surface area (TPSA) is 12.0 Å². The molecule has 0 saturated heterocycles. The largest absolute Gasteiger partial charge is 0.260 e. The molecular formula is C8H10ClNS. The van der Waals surface area contributed by atoms with E-state index in [1.54, 1.807) is 0 Å². The highest BCUT2D eigenvalue weighted by atomic mass is 35.5. The lowest BCUT2D eigenvalue weighted by atomic mass is 10.1. The van der Waals surface area contributed by atoms with Crippen LogP contribution in [0.25, 0.3) is 0 Å². The fraction of sp³-hybridized carbons (Fsp3) is 0.250. The van der Waals surface area contributed by atoms with E-state index in [-0.39, 0.29) is 6.04 Å². The molecule has 0 amide bonds. The maximum atomic E-state index is 5.92. The zero-order valence-electron chi connectivity index (χ0n) is 6.21. The normalized spacial score (nSPS) is 13.0. The van der Waals surface area contributed by atoms with E-state index in [1.807, 2.05) is 31.2 Å². The summed E-state index contributed by atoms with van der Waals surface area (Å²) in [7, 11) is 0. The molecule has 0 aliphatic heterocycles. The maximum Gasteiger partial charge on any atom is 0.0454 e. The second-order valence-electron chi connectivity index (χ2n) is 2.37. The lowest BCUT2D eigenvalue weighted by molar-refractivity contribution is 0.759. The average Bonchev–Trinajstić information content (AvgIpc) is 2.04. The van der Waals surface area contributed by atoms with Crippen LogP contribution < -0.4 is 4.72 Å². The number of hydrogen-bond donors (Lipinski definition) is 2. The van der Waals surface area contributed by atoms with E-state index < -0.39 is 0 Å². The molecule has 1 atom stereocenters. The highest BCUT2D eigenvalue weighted by Gasteiger charge is 2.05. The molecule has 0 unspecified atom stereocenters. The fourth-order valence-electron chi connectivity index (χ4n) is 0.896. The minimum Gasteiger partial charge on any atom is -0.260 e. The molecule has 60 valence electrons. The number of hydrogen-bond acceptors (Lipinski definition) is 2. The minimum atomic E-state index is 0.187. The van der Waals surface area contributed by atoms with Gasteiger partial charge in [0, 0.05) is 11.1 Å². The Morgan fingerprint density at radius 1 is 1.45 bits per heavy atom. The maximum absolute atomic E-state index is 5.92. The van der Waals surface area contributed by atoms with Gasteiger partial charge in [-0.2, -0.15) is 0 Å². The molecular weight excluding hydrogens is 178 g/mol. The van der Waals surface area contributed by atoms with Crippen molar-refractivity contribution >= 4 is 24.4 Å². The number of rotatable bonds is 2. The van der Waals surface area contributed by atoms with Gasteiger partial charge >= 0.3 is 0 Å².